The van der Waals surface area contributed by atoms with E-state index >= 15 is 0 Å². The van der Waals surface area contributed by atoms with Crippen molar-refractivity contribution < 1.29 is 14.6 Å². The fourth-order valence-corrected chi connectivity index (χ4v) is 3.42. The Balaban J connectivity index is 1.67. The van der Waals surface area contributed by atoms with E-state index in [4.69, 9.17) is 28.6 Å². The van der Waals surface area contributed by atoms with Gasteiger partial charge in [-0.1, -0.05) is 48.1 Å². The van der Waals surface area contributed by atoms with Crippen LogP contribution in [0, 0.1) is 0 Å². The SMILES string of the molecule is COc1ccccc1C(=S)c1ccc(NCC(=O)Nc2ccccc2O)cc1Cl. The highest BCUT2D eigenvalue weighted by Crippen LogP contribution is 2.28. The number of phenolic OH excluding ortho intramolecular Hbond substituents is 1. The average Bonchev–Trinajstić information content (AvgIpc) is 2.73. The van der Waals surface area contributed by atoms with Crippen LogP contribution in [0.15, 0.2) is 66.7 Å². The first kappa shape index (κ1) is 20.6. The van der Waals surface area contributed by atoms with E-state index in [0.717, 1.165) is 5.56 Å². The second-order valence-corrected chi connectivity index (χ2v) is 6.96. The van der Waals surface area contributed by atoms with Gasteiger partial charge < -0.3 is 20.5 Å². The lowest BCUT2D eigenvalue weighted by Gasteiger charge is -2.13. The van der Waals surface area contributed by atoms with Crippen LogP contribution in [-0.2, 0) is 4.79 Å². The second kappa shape index (κ2) is 9.41. The lowest BCUT2D eigenvalue weighted by molar-refractivity contribution is -0.114. The van der Waals surface area contributed by atoms with Crippen molar-refractivity contribution in [1.82, 2.24) is 0 Å². The lowest BCUT2D eigenvalue weighted by Crippen LogP contribution is -2.21. The van der Waals surface area contributed by atoms with Crippen molar-refractivity contribution in [1.29, 1.82) is 0 Å². The van der Waals surface area contributed by atoms with Crippen LogP contribution < -0.4 is 15.4 Å². The molecule has 0 aromatic heterocycles. The first-order valence-electron chi connectivity index (χ1n) is 8.78. The summed E-state index contributed by atoms with van der Waals surface area (Å²) in [4.78, 5) is 12.7. The van der Waals surface area contributed by atoms with E-state index in [9.17, 15) is 9.90 Å². The number of carbonyl (C=O) groups excluding carboxylic acids is 1. The number of methoxy groups -OCH3 is 1. The molecule has 3 rings (SSSR count). The third kappa shape index (κ3) is 5.04. The Labute approximate surface area is 179 Å². The molecule has 148 valence electrons. The van der Waals surface area contributed by atoms with Crippen LogP contribution in [-0.4, -0.2) is 29.5 Å². The van der Waals surface area contributed by atoms with E-state index in [1.165, 1.54) is 6.07 Å². The maximum absolute atomic E-state index is 12.1. The normalized spacial score (nSPS) is 10.3. The minimum Gasteiger partial charge on any atom is -0.506 e. The Morgan fingerprint density at radius 2 is 1.79 bits per heavy atom. The number of anilines is 2. The molecular weight excluding hydrogens is 408 g/mol. The number of phenols is 1. The van der Waals surface area contributed by atoms with Crippen LogP contribution in [0.2, 0.25) is 5.02 Å². The fourth-order valence-electron chi connectivity index (χ4n) is 2.74. The number of benzene rings is 3. The molecule has 0 saturated carbocycles. The zero-order valence-electron chi connectivity index (χ0n) is 15.6. The summed E-state index contributed by atoms with van der Waals surface area (Å²) >= 11 is 12.0. The van der Waals surface area contributed by atoms with Crippen molar-refractivity contribution in [3.05, 3.63) is 82.9 Å². The summed E-state index contributed by atoms with van der Waals surface area (Å²) in [7, 11) is 1.59. The average molecular weight is 427 g/mol. The van der Waals surface area contributed by atoms with Crippen molar-refractivity contribution in [3.8, 4) is 11.5 Å². The predicted molar refractivity (Wildman–Crippen MR) is 120 cm³/mol. The fraction of sp³-hybridized carbons (Fsp3) is 0.0909. The topological polar surface area (TPSA) is 70.6 Å². The number of hydrogen-bond acceptors (Lipinski definition) is 5. The highest BCUT2D eigenvalue weighted by molar-refractivity contribution is 7.81. The van der Waals surface area contributed by atoms with E-state index < -0.39 is 0 Å². The van der Waals surface area contributed by atoms with Crippen LogP contribution >= 0.6 is 23.8 Å². The zero-order chi connectivity index (χ0) is 20.8. The van der Waals surface area contributed by atoms with Gasteiger partial charge in [-0.2, -0.15) is 0 Å². The highest BCUT2D eigenvalue weighted by atomic mass is 35.5. The minimum absolute atomic E-state index is 0.0121. The van der Waals surface area contributed by atoms with E-state index in [0.29, 0.717) is 32.6 Å². The largest absolute Gasteiger partial charge is 0.506 e. The van der Waals surface area contributed by atoms with Crippen molar-refractivity contribution >= 4 is 46.0 Å². The Morgan fingerprint density at radius 3 is 2.52 bits per heavy atom. The van der Waals surface area contributed by atoms with E-state index in [-0.39, 0.29) is 18.2 Å². The number of para-hydroxylation sites is 3. The van der Waals surface area contributed by atoms with E-state index in [1.54, 1.807) is 43.5 Å². The number of amides is 1. The molecule has 1 amide bonds. The third-order valence-electron chi connectivity index (χ3n) is 4.20. The van der Waals surface area contributed by atoms with Gasteiger partial charge in [0.05, 0.1) is 29.2 Å². The number of ether oxygens (including phenoxy) is 1. The van der Waals surface area contributed by atoms with Crippen molar-refractivity contribution in [2.24, 2.45) is 0 Å². The van der Waals surface area contributed by atoms with Gasteiger partial charge in [-0.25, -0.2) is 0 Å². The lowest BCUT2D eigenvalue weighted by atomic mass is 10.0. The number of rotatable bonds is 7. The van der Waals surface area contributed by atoms with Crippen molar-refractivity contribution in [2.75, 3.05) is 24.3 Å². The minimum atomic E-state index is -0.295. The Hall–Kier alpha value is -3.09. The molecule has 0 aliphatic heterocycles. The molecule has 0 aliphatic rings. The predicted octanol–water partition coefficient (Wildman–Crippen LogP) is 4.87. The summed E-state index contributed by atoms with van der Waals surface area (Å²) in [5.41, 5.74) is 2.52. The molecule has 0 heterocycles. The Kier molecular flexibility index (Phi) is 6.69. The number of nitrogens with one attached hydrogen (secondary N) is 2. The monoisotopic (exact) mass is 426 g/mol. The van der Waals surface area contributed by atoms with Gasteiger partial charge in [-0.15, -0.1) is 0 Å². The molecule has 0 spiro atoms. The van der Waals surface area contributed by atoms with Gasteiger partial charge >= 0.3 is 0 Å². The van der Waals surface area contributed by atoms with Gasteiger partial charge in [-0.05, 0) is 42.5 Å². The quantitative estimate of drug-likeness (QED) is 0.285. The summed E-state index contributed by atoms with van der Waals surface area (Å²) < 4.78 is 5.37. The van der Waals surface area contributed by atoms with Crippen LogP contribution in [0.25, 0.3) is 0 Å². The number of halogens is 1. The Morgan fingerprint density at radius 1 is 1.07 bits per heavy atom. The number of thiocarbonyl (C=S) groups is 1. The van der Waals surface area contributed by atoms with Gasteiger partial charge in [-0.3, -0.25) is 4.79 Å². The molecule has 0 radical (unpaired) electrons. The first-order chi connectivity index (χ1) is 14.0. The molecule has 3 aromatic carbocycles. The molecule has 5 nitrogen and oxygen atoms in total. The van der Waals surface area contributed by atoms with Gasteiger partial charge in [0, 0.05) is 16.8 Å². The van der Waals surface area contributed by atoms with Gasteiger partial charge in [0.2, 0.25) is 5.91 Å². The van der Waals surface area contributed by atoms with Gasteiger partial charge in [0.1, 0.15) is 11.5 Å². The molecule has 29 heavy (non-hydrogen) atoms. The molecule has 0 fully saturated rings. The van der Waals surface area contributed by atoms with Gasteiger partial charge in [0.25, 0.3) is 0 Å². The summed E-state index contributed by atoms with van der Waals surface area (Å²) in [6, 6.07) is 19.3. The van der Waals surface area contributed by atoms with E-state index in [1.807, 2.05) is 24.3 Å². The number of aromatic hydroxyl groups is 1. The summed E-state index contributed by atoms with van der Waals surface area (Å²) in [6.07, 6.45) is 0. The van der Waals surface area contributed by atoms with Crippen LogP contribution in [0.4, 0.5) is 11.4 Å². The smallest absolute Gasteiger partial charge is 0.243 e. The molecule has 0 bridgehead atoms. The molecule has 7 heteroatoms. The van der Waals surface area contributed by atoms with Crippen LogP contribution in [0.5, 0.6) is 11.5 Å². The maximum atomic E-state index is 12.1. The van der Waals surface area contributed by atoms with Crippen LogP contribution in [0.1, 0.15) is 11.1 Å². The molecule has 0 unspecified atom stereocenters. The number of carbonyl (C=O) groups is 1. The van der Waals surface area contributed by atoms with Crippen molar-refractivity contribution in [2.45, 2.75) is 0 Å². The maximum Gasteiger partial charge on any atom is 0.243 e. The molecule has 0 aliphatic carbocycles. The molecule has 3 aromatic rings. The highest BCUT2D eigenvalue weighted by Gasteiger charge is 2.14. The molecule has 0 atom stereocenters. The summed E-state index contributed by atoms with van der Waals surface area (Å²) in [5, 5.41) is 15.8. The summed E-state index contributed by atoms with van der Waals surface area (Å²) in [6.45, 7) is 0.0148. The van der Waals surface area contributed by atoms with Crippen molar-refractivity contribution in [3.63, 3.8) is 0 Å². The molecule has 3 N–H and O–H groups in total. The standard InChI is InChI=1S/C22H19ClN2O3S/c1-28-20-9-5-2-6-16(20)22(29)15-11-10-14(12-17(15)23)24-13-21(27)25-18-7-3-4-8-19(18)26/h2-12,24,26H,13H2,1H3,(H,25,27). The molecular formula is C22H19ClN2O3S. The first-order valence-corrected chi connectivity index (χ1v) is 9.57. The van der Waals surface area contributed by atoms with Gasteiger partial charge in [0.15, 0.2) is 0 Å². The Bertz CT molecular complexity index is 1060. The van der Waals surface area contributed by atoms with Crippen LogP contribution in [0.3, 0.4) is 0 Å². The second-order valence-electron chi connectivity index (χ2n) is 6.14. The molecule has 0 saturated heterocycles. The third-order valence-corrected chi connectivity index (χ3v) is 4.95. The summed E-state index contributed by atoms with van der Waals surface area (Å²) in [5.74, 6) is 0.394. The van der Waals surface area contributed by atoms with E-state index in [2.05, 4.69) is 10.6 Å². The number of hydrogen-bond donors (Lipinski definition) is 3. The zero-order valence-corrected chi connectivity index (χ0v) is 17.2.